The van der Waals surface area contributed by atoms with Gasteiger partial charge in [0.05, 0.1) is 0 Å². The number of anilines is 1. The number of carbonyl (C=O) groups is 4. The number of rotatable bonds is 6. The molecule has 1 aromatic heterocycles. The van der Waals surface area contributed by atoms with Crippen LogP contribution < -0.4 is 15.7 Å². The number of ketones is 2. The van der Waals surface area contributed by atoms with Crippen molar-refractivity contribution in [3.05, 3.63) is 105 Å². The average molecular weight is 483 g/mol. The quantitative estimate of drug-likeness (QED) is 0.288. The Hall–Kier alpha value is -5.05. The predicted octanol–water partition coefficient (Wildman–Crippen LogP) is 3.13. The summed E-state index contributed by atoms with van der Waals surface area (Å²) in [6.45, 7) is -1.05. The second kappa shape index (κ2) is 9.30. The maximum Gasteiger partial charge on any atom is 0.344 e. The fourth-order valence-electron chi connectivity index (χ4n) is 3.83. The summed E-state index contributed by atoms with van der Waals surface area (Å²) in [6.07, 6.45) is 0. The molecule has 1 amide bonds. The van der Waals surface area contributed by atoms with Crippen LogP contribution in [0.5, 0.6) is 5.75 Å². The summed E-state index contributed by atoms with van der Waals surface area (Å²) >= 11 is 0. The average Bonchev–Trinajstić information content (AvgIpc) is 2.89. The fraction of sp³-hybridized carbons (Fsp3) is 0.0741. The van der Waals surface area contributed by atoms with Gasteiger partial charge in [0.2, 0.25) is 0 Å². The number of fused-ring (bicyclic) bond motifs is 3. The third-order valence-corrected chi connectivity index (χ3v) is 5.52. The van der Waals surface area contributed by atoms with Crippen LogP contribution >= 0.6 is 0 Å². The van der Waals surface area contributed by atoms with Crippen LogP contribution in [0.15, 0.2) is 82.0 Å². The van der Waals surface area contributed by atoms with Crippen molar-refractivity contribution < 1.29 is 33.1 Å². The second-order valence-corrected chi connectivity index (χ2v) is 7.92. The third-order valence-electron chi connectivity index (χ3n) is 5.52. The van der Waals surface area contributed by atoms with E-state index >= 15 is 0 Å². The van der Waals surface area contributed by atoms with Crippen molar-refractivity contribution in [1.82, 2.24) is 0 Å². The van der Waals surface area contributed by atoms with E-state index in [-0.39, 0.29) is 34.1 Å². The van der Waals surface area contributed by atoms with Crippen LogP contribution in [0.25, 0.3) is 11.0 Å². The van der Waals surface area contributed by atoms with E-state index in [1.165, 1.54) is 30.3 Å². The van der Waals surface area contributed by atoms with Crippen LogP contribution in [-0.4, -0.2) is 36.7 Å². The van der Waals surface area contributed by atoms with E-state index in [9.17, 15) is 24.0 Å². The molecule has 36 heavy (non-hydrogen) atoms. The highest BCUT2D eigenvalue weighted by Gasteiger charge is 2.29. The molecule has 4 aromatic rings. The molecule has 178 valence electrons. The van der Waals surface area contributed by atoms with E-state index in [0.29, 0.717) is 22.1 Å². The second-order valence-electron chi connectivity index (χ2n) is 7.92. The van der Waals surface area contributed by atoms with Gasteiger partial charge in [-0.1, -0.05) is 24.3 Å². The number of carbonyl (C=O) groups excluding carboxylic acids is 4. The molecule has 9 nitrogen and oxygen atoms in total. The molecule has 1 aliphatic carbocycles. The first kappa shape index (κ1) is 22.7. The summed E-state index contributed by atoms with van der Waals surface area (Å²) in [5.41, 5.74) is 1.17. The van der Waals surface area contributed by atoms with Crippen LogP contribution in [0.3, 0.4) is 0 Å². The van der Waals surface area contributed by atoms with Crippen LogP contribution in [0, 0.1) is 0 Å². The monoisotopic (exact) mass is 483 g/mol. The molecule has 0 fully saturated rings. The Bertz CT molecular complexity index is 1620. The molecule has 3 aromatic carbocycles. The molecular weight excluding hydrogens is 466 g/mol. The SMILES string of the molecule is O=C(COC(=O)COc1ccc2ccc(=O)oc2c1)Nc1ccc2c(c1)C(=O)c1ccccc1C2=O. The number of amides is 1. The first-order valence-electron chi connectivity index (χ1n) is 10.8. The minimum Gasteiger partial charge on any atom is -0.482 e. The molecule has 5 rings (SSSR count). The van der Waals surface area contributed by atoms with Crippen molar-refractivity contribution in [2.45, 2.75) is 0 Å². The zero-order valence-electron chi connectivity index (χ0n) is 18.6. The van der Waals surface area contributed by atoms with Crippen molar-refractivity contribution in [1.29, 1.82) is 0 Å². The minimum absolute atomic E-state index is 0.188. The zero-order chi connectivity index (χ0) is 25.2. The van der Waals surface area contributed by atoms with Gasteiger partial charge in [-0.15, -0.1) is 0 Å². The molecule has 0 atom stereocenters. The normalized spacial score (nSPS) is 12.0. The Morgan fingerprint density at radius 2 is 1.44 bits per heavy atom. The summed E-state index contributed by atoms with van der Waals surface area (Å²) < 4.78 is 15.3. The number of benzene rings is 3. The summed E-state index contributed by atoms with van der Waals surface area (Å²) in [7, 11) is 0. The summed E-state index contributed by atoms with van der Waals surface area (Å²) in [4.78, 5) is 61.1. The first-order chi connectivity index (χ1) is 17.4. The topological polar surface area (TPSA) is 129 Å². The summed E-state index contributed by atoms with van der Waals surface area (Å²) in [5.74, 6) is -1.71. The lowest BCUT2D eigenvalue weighted by Gasteiger charge is -2.18. The predicted molar refractivity (Wildman–Crippen MR) is 127 cm³/mol. The Kier molecular flexibility index (Phi) is 5.87. The van der Waals surface area contributed by atoms with Crippen molar-refractivity contribution in [3.8, 4) is 5.75 Å². The molecule has 0 aliphatic heterocycles. The highest BCUT2D eigenvalue weighted by Crippen LogP contribution is 2.29. The zero-order valence-corrected chi connectivity index (χ0v) is 18.6. The molecule has 1 N–H and O–H groups in total. The Morgan fingerprint density at radius 1 is 0.750 bits per heavy atom. The molecule has 0 spiro atoms. The fourth-order valence-corrected chi connectivity index (χ4v) is 3.83. The highest BCUT2D eigenvalue weighted by molar-refractivity contribution is 6.28. The van der Waals surface area contributed by atoms with Gasteiger partial charge in [-0.25, -0.2) is 9.59 Å². The highest BCUT2D eigenvalue weighted by atomic mass is 16.6. The molecule has 0 unspecified atom stereocenters. The van der Waals surface area contributed by atoms with Crippen LogP contribution in [0.1, 0.15) is 31.8 Å². The number of ether oxygens (including phenoxy) is 2. The van der Waals surface area contributed by atoms with E-state index < -0.39 is 30.7 Å². The van der Waals surface area contributed by atoms with E-state index in [1.807, 2.05) is 0 Å². The van der Waals surface area contributed by atoms with Crippen molar-refractivity contribution in [2.24, 2.45) is 0 Å². The smallest absolute Gasteiger partial charge is 0.344 e. The maximum absolute atomic E-state index is 12.8. The lowest BCUT2D eigenvalue weighted by Crippen LogP contribution is -2.24. The molecule has 0 saturated carbocycles. The van der Waals surface area contributed by atoms with Crippen LogP contribution in [-0.2, 0) is 14.3 Å². The van der Waals surface area contributed by atoms with Gasteiger partial charge in [0, 0.05) is 45.5 Å². The van der Waals surface area contributed by atoms with E-state index in [1.54, 1.807) is 42.5 Å². The van der Waals surface area contributed by atoms with E-state index in [0.717, 1.165) is 0 Å². The number of hydrogen-bond acceptors (Lipinski definition) is 8. The Labute approximate surface area is 203 Å². The van der Waals surface area contributed by atoms with Gasteiger partial charge in [-0.2, -0.15) is 0 Å². The largest absolute Gasteiger partial charge is 0.482 e. The Morgan fingerprint density at radius 3 is 2.22 bits per heavy atom. The van der Waals surface area contributed by atoms with Crippen LogP contribution in [0.4, 0.5) is 5.69 Å². The Balaban J connectivity index is 1.17. The molecule has 0 bridgehead atoms. The number of esters is 1. The number of nitrogens with one attached hydrogen (secondary N) is 1. The molecule has 9 heteroatoms. The van der Waals surface area contributed by atoms with Gasteiger partial charge in [-0.05, 0) is 36.4 Å². The van der Waals surface area contributed by atoms with Gasteiger partial charge in [-0.3, -0.25) is 14.4 Å². The molecule has 0 radical (unpaired) electrons. The van der Waals surface area contributed by atoms with Crippen molar-refractivity contribution in [2.75, 3.05) is 18.5 Å². The standard InChI is InChI=1S/C27H17NO8/c29-23(13-35-25(31)14-34-17-8-5-15-6-10-24(30)36-22(15)12-17)28-16-7-9-20-21(11-16)27(33)19-4-2-1-3-18(19)26(20)32/h1-12H,13-14H2,(H,28,29). The van der Waals surface area contributed by atoms with Crippen molar-refractivity contribution in [3.63, 3.8) is 0 Å². The lowest BCUT2D eigenvalue weighted by molar-refractivity contribution is -0.149. The van der Waals surface area contributed by atoms with Gasteiger partial charge < -0.3 is 19.2 Å². The first-order valence-corrected chi connectivity index (χ1v) is 10.8. The van der Waals surface area contributed by atoms with Crippen LogP contribution in [0.2, 0.25) is 0 Å². The molecule has 0 saturated heterocycles. The van der Waals surface area contributed by atoms with Crippen molar-refractivity contribution >= 4 is 40.1 Å². The molecule has 1 heterocycles. The van der Waals surface area contributed by atoms with E-state index in [2.05, 4.69) is 5.32 Å². The van der Waals surface area contributed by atoms with Gasteiger partial charge in [0.25, 0.3) is 5.91 Å². The van der Waals surface area contributed by atoms with E-state index in [4.69, 9.17) is 13.9 Å². The molecule has 1 aliphatic rings. The van der Waals surface area contributed by atoms with Gasteiger partial charge >= 0.3 is 11.6 Å². The summed E-state index contributed by atoms with van der Waals surface area (Å²) in [6, 6.07) is 18.6. The lowest BCUT2D eigenvalue weighted by atomic mass is 9.84. The van der Waals surface area contributed by atoms with Gasteiger partial charge in [0.1, 0.15) is 11.3 Å². The summed E-state index contributed by atoms with van der Waals surface area (Å²) in [5, 5.41) is 3.24. The number of hydrogen-bond donors (Lipinski definition) is 1. The maximum atomic E-state index is 12.8. The minimum atomic E-state index is -0.789. The van der Waals surface area contributed by atoms with Gasteiger partial charge in [0.15, 0.2) is 24.8 Å². The third kappa shape index (κ3) is 4.49. The molecular formula is C27H17NO8.